The predicted molar refractivity (Wildman–Crippen MR) is 30.4 cm³/mol. The zero-order valence-corrected chi connectivity index (χ0v) is 6.69. The quantitative estimate of drug-likeness (QED) is 0.556. The van der Waals surface area contributed by atoms with E-state index in [4.69, 9.17) is 0 Å². The Labute approximate surface area is 80.2 Å². The summed E-state index contributed by atoms with van der Waals surface area (Å²) in [5, 5.41) is 0. The van der Waals surface area contributed by atoms with Crippen LogP contribution in [0.4, 0.5) is 48.6 Å². The van der Waals surface area contributed by atoms with Gasteiger partial charge in [0, 0.05) is 0 Å². The topological polar surface area (TPSA) is 0 Å². The summed E-state index contributed by atoms with van der Waals surface area (Å²) in [7, 11) is 0. The van der Waals surface area contributed by atoms with Gasteiger partial charge in [0.25, 0.3) is 5.83 Å². The molecule has 16 heavy (non-hydrogen) atoms. The Morgan fingerprint density at radius 2 is 0.812 bits per heavy atom. The second-order valence-corrected chi connectivity index (χ2v) is 1.59. The van der Waals surface area contributed by atoms with Crippen molar-refractivity contribution in [2.45, 2.75) is 6.18 Å². The molecule has 0 atom stereocenters. The van der Waals surface area contributed by atoms with Gasteiger partial charge in [0.15, 0.2) is 0 Å². The highest BCUT2D eigenvalue weighted by atomic mass is 19.4. The van der Waals surface area contributed by atoms with E-state index in [1.807, 2.05) is 0 Å². The standard InChI is InChI=1S/C3F6.C2F4.FH/c4-1(2(5)6)3(7,8)9;3-1(4)2(5)6;/h;;1H. The van der Waals surface area contributed by atoms with Gasteiger partial charge in [-0.25, -0.2) is 0 Å². The van der Waals surface area contributed by atoms with Crippen LogP contribution >= 0.6 is 0 Å². The maximum Gasteiger partial charge on any atom is 0.448 e. The lowest BCUT2D eigenvalue weighted by Crippen LogP contribution is -2.08. The summed E-state index contributed by atoms with van der Waals surface area (Å²) < 4.78 is 106. The number of halogens is 11. The van der Waals surface area contributed by atoms with E-state index >= 15 is 0 Å². The molecule has 0 rings (SSSR count). The molecule has 0 amide bonds. The van der Waals surface area contributed by atoms with Gasteiger partial charge in [0.1, 0.15) is 0 Å². The lowest BCUT2D eigenvalue weighted by molar-refractivity contribution is -0.113. The maximum atomic E-state index is 11.0. The highest BCUT2D eigenvalue weighted by Gasteiger charge is 2.38. The van der Waals surface area contributed by atoms with Gasteiger partial charge in [0.05, 0.1) is 0 Å². The van der Waals surface area contributed by atoms with Crippen LogP contribution in [0.1, 0.15) is 0 Å². The third-order valence-corrected chi connectivity index (χ3v) is 0.558. The van der Waals surface area contributed by atoms with Gasteiger partial charge in [0.2, 0.25) is 0 Å². The van der Waals surface area contributed by atoms with Crippen molar-refractivity contribution < 1.29 is 48.6 Å². The van der Waals surface area contributed by atoms with E-state index in [0.717, 1.165) is 0 Å². The molecule has 0 aromatic heterocycles. The summed E-state index contributed by atoms with van der Waals surface area (Å²) in [6.45, 7) is 0. The van der Waals surface area contributed by atoms with Crippen molar-refractivity contribution in [3.05, 3.63) is 24.1 Å². The van der Waals surface area contributed by atoms with E-state index in [1.54, 1.807) is 0 Å². The van der Waals surface area contributed by atoms with Crippen molar-refractivity contribution in [1.29, 1.82) is 0 Å². The predicted octanol–water partition coefficient (Wildman–Crippen LogP) is 4.77. The molecule has 0 aliphatic carbocycles. The van der Waals surface area contributed by atoms with Gasteiger partial charge < -0.3 is 0 Å². The van der Waals surface area contributed by atoms with Crippen molar-refractivity contribution in [2.24, 2.45) is 0 Å². The van der Waals surface area contributed by atoms with Crippen LogP contribution in [0.15, 0.2) is 24.1 Å². The van der Waals surface area contributed by atoms with E-state index in [1.165, 1.54) is 0 Å². The van der Waals surface area contributed by atoms with Crippen LogP contribution in [0.3, 0.4) is 0 Å². The summed E-state index contributed by atoms with van der Waals surface area (Å²) in [6, 6.07) is 0. The van der Waals surface area contributed by atoms with Crippen molar-refractivity contribution in [1.82, 2.24) is 0 Å². The summed E-state index contributed by atoms with van der Waals surface area (Å²) >= 11 is 0. The maximum absolute atomic E-state index is 11.0. The molecule has 0 aliphatic rings. The van der Waals surface area contributed by atoms with Crippen LogP contribution in [0, 0.1) is 0 Å². The summed E-state index contributed by atoms with van der Waals surface area (Å²) in [5.74, 6) is -3.33. The molecule has 0 fully saturated rings. The Morgan fingerprint density at radius 1 is 0.562 bits per heavy atom. The lowest BCUT2D eigenvalue weighted by Gasteiger charge is -1.98. The Hall–Kier alpha value is -1.29. The minimum Gasteiger partial charge on any atom is -0.269 e. The normalized spacial score (nSPS) is 9.38. The van der Waals surface area contributed by atoms with Crippen LogP contribution in [-0.4, -0.2) is 6.18 Å². The molecule has 0 radical (unpaired) electrons. The minimum absolute atomic E-state index is 0. The molecule has 11 heteroatoms. The molecule has 0 N–H and O–H groups in total. The number of alkyl halides is 3. The molecular weight excluding hydrogens is 269 g/mol. The Morgan fingerprint density at radius 3 is 0.812 bits per heavy atom. The number of hydrogen-bond donors (Lipinski definition) is 0. The SMILES string of the molecule is F.FC(F)=C(F)C(F)(F)F.FC(F)=C(F)F. The smallest absolute Gasteiger partial charge is 0.269 e. The minimum atomic E-state index is -5.56. The van der Waals surface area contributed by atoms with Crippen molar-refractivity contribution in [2.75, 3.05) is 0 Å². The molecule has 0 saturated heterocycles. The van der Waals surface area contributed by atoms with Gasteiger partial charge in [-0.2, -0.15) is 43.9 Å². The molecule has 0 spiro atoms. The van der Waals surface area contributed by atoms with Gasteiger partial charge in [-0.3, -0.25) is 4.70 Å². The van der Waals surface area contributed by atoms with Crippen molar-refractivity contribution in [3.8, 4) is 0 Å². The highest BCUT2D eigenvalue weighted by molar-refractivity contribution is 4.98. The molecule has 0 heterocycles. The monoisotopic (exact) mass is 270 g/mol. The number of hydrogen-bond acceptors (Lipinski definition) is 0. The summed E-state index contributed by atoms with van der Waals surface area (Å²) in [4.78, 5) is 0. The second-order valence-electron chi connectivity index (χ2n) is 1.59. The first-order chi connectivity index (χ1) is 6.50. The van der Waals surface area contributed by atoms with E-state index in [-0.39, 0.29) is 4.70 Å². The fourth-order valence-corrected chi connectivity index (χ4v) is 0.107. The Bertz CT molecular complexity index is 236. The fraction of sp³-hybridized carbons (Fsp3) is 0.200. The van der Waals surface area contributed by atoms with Gasteiger partial charge in [-0.1, -0.05) is 0 Å². The first-order valence-corrected chi connectivity index (χ1v) is 2.64. The molecule has 0 bridgehead atoms. The third kappa shape index (κ3) is 10.8. The fourth-order valence-electron chi connectivity index (χ4n) is 0.107. The second kappa shape index (κ2) is 7.93. The highest BCUT2D eigenvalue weighted by Crippen LogP contribution is 2.29. The van der Waals surface area contributed by atoms with E-state index in [2.05, 4.69) is 0 Å². The molecular formula is C5HF11. The average molecular weight is 270 g/mol. The number of allylic oxidation sites excluding steroid dienone is 1. The van der Waals surface area contributed by atoms with E-state index < -0.39 is 30.2 Å². The Kier molecular flexibility index (Phi) is 10.00. The van der Waals surface area contributed by atoms with E-state index in [9.17, 15) is 43.9 Å². The summed E-state index contributed by atoms with van der Waals surface area (Å²) in [5.41, 5.74) is 0. The molecule has 0 aliphatic heterocycles. The molecule has 0 unspecified atom stereocenters. The zero-order valence-electron chi connectivity index (χ0n) is 6.69. The molecule has 0 nitrogen and oxygen atoms in total. The van der Waals surface area contributed by atoms with Crippen LogP contribution in [0.5, 0.6) is 0 Å². The third-order valence-electron chi connectivity index (χ3n) is 0.558. The van der Waals surface area contributed by atoms with E-state index in [0.29, 0.717) is 0 Å². The van der Waals surface area contributed by atoms with Crippen LogP contribution in [-0.2, 0) is 0 Å². The average Bonchev–Trinajstić information content (AvgIpc) is 2.02. The van der Waals surface area contributed by atoms with Crippen molar-refractivity contribution in [3.63, 3.8) is 0 Å². The lowest BCUT2D eigenvalue weighted by atomic mass is 10.6. The zero-order chi connectivity index (χ0) is 12.8. The van der Waals surface area contributed by atoms with Crippen molar-refractivity contribution >= 4 is 0 Å². The molecule has 98 valence electrons. The van der Waals surface area contributed by atoms with Crippen LogP contribution in [0.2, 0.25) is 0 Å². The molecule has 0 aromatic rings. The van der Waals surface area contributed by atoms with Crippen LogP contribution < -0.4 is 0 Å². The summed E-state index contributed by atoms with van der Waals surface area (Å²) in [6.07, 6.45) is -14.7. The number of rotatable bonds is 0. The largest absolute Gasteiger partial charge is 0.448 e. The first-order valence-electron chi connectivity index (χ1n) is 2.64. The Balaban J connectivity index is -0.000000214. The van der Waals surface area contributed by atoms with Crippen LogP contribution in [0.25, 0.3) is 0 Å². The molecule has 0 aromatic carbocycles. The van der Waals surface area contributed by atoms with Gasteiger partial charge >= 0.3 is 24.4 Å². The van der Waals surface area contributed by atoms with Gasteiger partial charge in [-0.15, -0.1) is 0 Å². The molecule has 0 saturated carbocycles. The van der Waals surface area contributed by atoms with Gasteiger partial charge in [-0.05, 0) is 0 Å². The first kappa shape index (κ1) is 20.2.